The number of benzene rings is 2. The number of anilines is 1. The Kier molecular flexibility index (Phi) is 6.27. The second-order valence-corrected chi connectivity index (χ2v) is 5.78. The van der Waals surface area contributed by atoms with E-state index in [4.69, 9.17) is 16.6 Å². The molecule has 0 aliphatic rings. The van der Waals surface area contributed by atoms with Gasteiger partial charge in [0.25, 0.3) is 0 Å². The maximum absolute atomic E-state index is 12.9. The van der Waals surface area contributed by atoms with Crippen LogP contribution in [0.3, 0.4) is 0 Å². The second-order valence-electron chi connectivity index (χ2n) is 5.78. The highest BCUT2D eigenvalue weighted by atomic mass is 19.4. The van der Waals surface area contributed by atoms with E-state index < -0.39 is 23.5 Å². The molecule has 0 aliphatic heterocycles. The van der Waals surface area contributed by atoms with Crippen molar-refractivity contribution in [2.45, 2.75) is 19.2 Å². The smallest absolute Gasteiger partial charge is 0.407 e. The number of ether oxygens (including phenoxy) is 1. The molecule has 0 fully saturated rings. The predicted molar refractivity (Wildman–Crippen MR) is 93.6 cm³/mol. The fourth-order valence-corrected chi connectivity index (χ4v) is 2.31. The first-order valence-electron chi connectivity index (χ1n) is 7.88. The quantitative estimate of drug-likeness (QED) is 0.739. The Hall–Kier alpha value is -3.23. The first kappa shape index (κ1) is 20.1. The summed E-state index contributed by atoms with van der Waals surface area (Å²) in [7, 11) is 0. The second kappa shape index (κ2) is 8.43. The van der Waals surface area contributed by atoms with Crippen LogP contribution in [0, 0.1) is 24.8 Å². The van der Waals surface area contributed by atoms with Gasteiger partial charge in [-0.2, -0.15) is 18.4 Å². The van der Waals surface area contributed by atoms with Crippen LogP contribution in [0.2, 0.25) is 0 Å². The zero-order chi connectivity index (χ0) is 20.0. The minimum Gasteiger partial charge on any atom is -0.491 e. The van der Waals surface area contributed by atoms with E-state index in [9.17, 15) is 18.3 Å². The molecule has 0 aliphatic carbocycles. The molecule has 0 bridgehead atoms. The topological polar surface area (TPSA) is 69.6 Å². The van der Waals surface area contributed by atoms with Gasteiger partial charge >= 0.3 is 6.18 Å². The number of aliphatic hydroxyl groups excluding tert-OH is 1. The predicted octanol–water partition coefficient (Wildman–Crippen LogP) is 4.29. The highest BCUT2D eigenvalue weighted by Gasteiger charge is 2.33. The van der Waals surface area contributed by atoms with Gasteiger partial charge in [-0.25, -0.2) is 4.85 Å². The number of aliphatic hydroxyl groups is 1. The van der Waals surface area contributed by atoms with Crippen LogP contribution in [0.15, 0.2) is 36.4 Å². The van der Waals surface area contributed by atoms with Crippen LogP contribution in [-0.4, -0.2) is 24.4 Å². The van der Waals surface area contributed by atoms with Gasteiger partial charge in [0.2, 0.25) is 0 Å². The van der Waals surface area contributed by atoms with E-state index in [0.717, 1.165) is 17.7 Å². The van der Waals surface area contributed by atoms with E-state index in [-0.39, 0.29) is 18.8 Å². The largest absolute Gasteiger partial charge is 0.491 e. The van der Waals surface area contributed by atoms with Crippen molar-refractivity contribution in [2.24, 2.45) is 0 Å². The van der Waals surface area contributed by atoms with Gasteiger partial charge in [0.1, 0.15) is 18.5 Å². The van der Waals surface area contributed by atoms with Gasteiger partial charge in [-0.1, -0.05) is 6.07 Å². The van der Waals surface area contributed by atoms with Crippen molar-refractivity contribution in [3.05, 3.63) is 64.5 Å². The highest BCUT2D eigenvalue weighted by Crippen LogP contribution is 2.37. The fraction of sp³-hybridized carbons (Fsp3) is 0.263. The fourth-order valence-electron chi connectivity index (χ4n) is 2.31. The minimum atomic E-state index is -4.63. The summed E-state index contributed by atoms with van der Waals surface area (Å²) in [5, 5.41) is 21.5. The molecule has 2 N–H and O–H groups in total. The minimum absolute atomic E-state index is 0.0378. The van der Waals surface area contributed by atoms with Crippen LogP contribution in [0.25, 0.3) is 4.85 Å². The summed E-state index contributed by atoms with van der Waals surface area (Å²) in [6.45, 7) is 8.45. The molecule has 2 aromatic carbocycles. The van der Waals surface area contributed by atoms with Crippen molar-refractivity contribution in [2.75, 3.05) is 18.5 Å². The lowest BCUT2D eigenvalue weighted by Crippen LogP contribution is -2.26. The molecule has 0 amide bonds. The molecule has 1 unspecified atom stereocenters. The molecule has 0 spiro atoms. The summed E-state index contributed by atoms with van der Waals surface area (Å²) in [6.07, 6.45) is -5.61. The van der Waals surface area contributed by atoms with Gasteiger partial charge in [0.05, 0.1) is 23.8 Å². The summed E-state index contributed by atoms with van der Waals surface area (Å²) >= 11 is 0. The van der Waals surface area contributed by atoms with Crippen molar-refractivity contribution in [3.8, 4) is 11.8 Å². The molecule has 0 aromatic heterocycles. The standard InChI is InChI=1S/C19H16F3N3O2/c1-12-7-16(5-3-13(12)9-23)27-11-15(26)10-25-14-4-6-18(24-2)17(8-14)19(20,21)22/h3-8,15,25-26H,10-11H2,1H3. The van der Waals surface area contributed by atoms with E-state index in [2.05, 4.69) is 10.2 Å². The number of halogens is 3. The molecule has 2 aromatic rings. The first-order chi connectivity index (χ1) is 12.7. The van der Waals surface area contributed by atoms with E-state index >= 15 is 0 Å². The molecule has 5 nitrogen and oxygen atoms in total. The molecule has 0 saturated carbocycles. The molecular formula is C19H16F3N3O2. The number of nitrogens with one attached hydrogen (secondary N) is 1. The average Bonchev–Trinajstić information content (AvgIpc) is 2.63. The molecule has 8 heteroatoms. The Bertz CT molecular complexity index is 899. The number of rotatable bonds is 6. The number of hydrogen-bond donors (Lipinski definition) is 2. The van der Waals surface area contributed by atoms with Gasteiger partial charge in [-0.05, 0) is 42.8 Å². The van der Waals surface area contributed by atoms with Crippen LogP contribution >= 0.6 is 0 Å². The van der Waals surface area contributed by atoms with Crippen molar-refractivity contribution in [3.63, 3.8) is 0 Å². The first-order valence-corrected chi connectivity index (χ1v) is 7.88. The van der Waals surface area contributed by atoms with Gasteiger partial charge in [-0.3, -0.25) is 0 Å². The molecule has 1 atom stereocenters. The van der Waals surface area contributed by atoms with E-state index in [0.29, 0.717) is 11.3 Å². The van der Waals surface area contributed by atoms with Crippen molar-refractivity contribution in [1.82, 2.24) is 0 Å². The van der Waals surface area contributed by atoms with Crippen LogP contribution < -0.4 is 10.1 Å². The zero-order valence-corrected chi connectivity index (χ0v) is 14.3. The Balaban J connectivity index is 1.94. The van der Waals surface area contributed by atoms with Gasteiger partial charge in [0, 0.05) is 12.2 Å². The monoisotopic (exact) mass is 375 g/mol. The van der Waals surface area contributed by atoms with Gasteiger partial charge in [-0.15, -0.1) is 0 Å². The van der Waals surface area contributed by atoms with Crippen LogP contribution in [-0.2, 0) is 6.18 Å². The van der Waals surface area contributed by atoms with Gasteiger partial charge < -0.3 is 15.2 Å². The number of nitrogens with zero attached hydrogens (tertiary/aromatic N) is 2. The van der Waals surface area contributed by atoms with E-state index in [1.807, 2.05) is 6.07 Å². The third-order valence-electron chi connectivity index (χ3n) is 3.72. The molecular weight excluding hydrogens is 359 g/mol. The van der Waals surface area contributed by atoms with Crippen molar-refractivity contribution < 1.29 is 23.0 Å². The van der Waals surface area contributed by atoms with Crippen molar-refractivity contribution in [1.29, 1.82) is 5.26 Å². The molecule has 0 radical (unpaired) electrons. The Morgan fingerprint density at radius 2 is 2.04 bits per heavy atom. The Morgan fingerprint density at radius 1 is 1.30 bits per heavy atom. The zero-order valence-electron chi connectivity index (χ0n) is 14.3. The maximum Gasteiger partial charge on any atom is 0.407 e. The maximum atomic E-state index is 12.9. The lowest BCUT2D eigenvalue weighted by atomic mass is 10.1. The highest BCUT2D eigenvalue weighted by molar-refractivity contribution is 5.61. The lowest BCUT2D eigenvalue weighted by molar-refractivity contribution is -0.136. The van der Waals surface area contributed by atoms with Gasteiger partial charge in [0.15, 0.2) is 5.69 Å². The average molecular weight is 375 g/mol. The van der Waals surface area contributed by atoms with E-state index in [1.165, 1.54) is 6.07 Å². The Labute approximate surface area is 154 Å². The number of hydrogen-bond acceptors (Lipinski definition) is 4. The van der Waals surface area contributed by atoms with Crippen LogP contribution in [0.4, 0.5) is 24.5 Å². The molecule has 140 valence electrons. The third-order valence-corrected chi connectivity index (χ3v) is 3.72. The molecule has 0 saturated heterocycles. The molecule has 0 heterocycles. The summed E-state index contributed by atoms with van der Waals surface area (Å²) in [5.74, 6) is 0.478. The molecule has 2 rings (SSSR count). The number of nitriles is 1. The summed E-state index contributed by atoms with van der Waals surface area (Å²) < 4.78 is 44.3. The lowest BCUT2D eigenvalue weighted by Gasteiger charge is -2.16. The SMILES string of the molecule is [C-]#[N+]c1ccc(NCC(O)COc2ccc(C#N)c(C)c2)cc1C(F)(F)F. The van der Waals surface area contributed by atoms with Crippen LogP contribution in [0.5, 0.6) is 5.75 Å². The Morgan fingerprint density at radius 3 is 2.63 bits per heavy atom. The number of aryl methyl sites for hydroxylation is 1. The number of alkyl halides is 3. The summed E-state index contributed by atoms with van der Waals surface area (Å²) in [6, 6.07) is 10.2. The van der Waals surface area contributed by atoms with Crippen molar-refractivity contribution >= 4 is 11.4 Å². The summed E-state index contributed by atoms with van der Waals surface area (Å²) in [5.41, 5.74) is -0.104. The normalized spacial score (nSPS) is 12.0. The third kappa shape index (κ3) is 5.37. The van der Waals surface area contributed by atoms with E-state index in [1.54, 1.807) is 25.1 Å². The van der Waals surface area contributed by atoms with Crippen LogP contribution in [0.1, 0.15) is 16.7 Å². The summed E-state index contributed by atoms with van der Waals surface area (Å²) in [4.78, 5) is 2.87. The molecule has 27 heavy (non-hydrogen) atoms.